The molecule has 1 atom stereocenters. The summed E-state index contributed by atoms with van der Waals surface area (Å²) in [7, 11) is 4.17. The van der Waals surface area contributed by atoms with E-state index in [1.165, 1.54) is 0 Å². The SMILES string of the molecule is CN(C)CC1CCN(C(CCN)C(=O)O)CC1. The quantitative estimate of drug-likeness (QED) is 0.690. The molecule has 0 saturated carbocycles. The second-order valence-corrected chi connectivity index (χ2v) is 5.17. The summed E-state index contributed by atoms with van der Waals surface area (Å²) < 4.78 is 0. The lowest BCUT2D eigenvalue weighted by Gasteiger charge is -2.36. The highest BCUT2D eigenvalue weighted by Gasteiger charge is 2.28. The van der Waals surface area contributed by atoms with Gasteiger partial charge >= 0.3 is 5.97 Å². The van der Waals surface area contributed by atoms with Gasteiger partial charge in [-0.1, -0.05) is 0 Å². The molecule has 0 amide bonds. The highest BCUT2D eigenvalue weighted by Crippen LogP contribution is 2.20. The minimum absolute atomic E-state index is 0.389. The second-order valence-electron chi connectivity index (χ2n) is 5.17. The van der Waals surface area contributed by atoms with Gasteiger partial charge in [-0.15, -0.1) is 0 Å². The van der Waals surface area contributed by atoms with Crippen LogP contribution >= 0.6 is 0 Å². The van der Waals surface area contributed by atoms with Crippen molar-refractivity contribution in [2.45, 2.75) is 25.3 Å². The molecule has 1 unspecified atom stereocenters. The van der Waals surface area contributed by atoms with E-state index in [0.717, 1.165) is 32.5 Å². The van der Waals surface area contributed by atoms with Crippen molar-refractivity contribution >= 4 is 5.97 Å². The number of carbonyl (C=O) groups is 1. The summed E-state index contributed by atoms with van der Waals surface area (Å²) >= 11 is 0. The average molecular weight is 243 g/mol. The van der Waals surface area contributed by atoms with E-state index in [4.69, 9.17) is 10.8 Å². The Morgan fingerprint density at radius 1 is 1.47 bits per heavy atom. The Labute approximate surface area is 104 Å². The molecular weight excluding hydrogens is 218 g/mol. The fourth-order valence-electron chi connectivity index (χ4n) is 2.58. The molecule has 0 bridgehead atoms. The molecule has 0 spiro atoms. The van der Waals surface area contributed by atoms with Crippen molar-refractivity contribution in [2.24, 2.45) is 11.7 Å². The van der Waals surface area contributed by atoms with Crippen molar-refractivity contribution in [1.82, 2.24) is 9.80 Å². The first-order chi connectivity index (χ1) is 8.04. The molecule has 1 saturated heterocycles. The van der Waals surface area contributed by atoms with E-state index in [9.17, 15) is 4.79 Å². The number of carboxylic acids is 1. The van der Waals surface area contributed by atoms with Crippen LogP contribution in [0.25, 0.3) is 0 Å². The number of likely N-dealkylation sites (tertiary alicyclic amines) is 1. The average Bonchev–Trinajstić information content (AvgIpc) is 2.26. The lowest BCUT2D eigenvalue weighted by Crippen LogP contribution is -2.47. The summed E-state index contributed by atoms with van der Waals surface area (Å²) in [4.78, 5) is 15.4. The Hall–Kier alpha value is -0.650. The minimum Gasteiger partial charge on any atom is -0.480 e. The van der Waals surface area contributed by atoms with Gasteiger partial charge in [-0.2, -0.15) is 0 Å². The van der Waals surface area contributed by atoms with Crippen molar-refractivity contribution in [2.75, 3.05) is 40.3 Å². The number of hydrogen-bond acceptors (Lipinski definition) is 4. The van der Waals surface area contributed by atoms with Crippen LogP contribution in [-0.4, -0.2) is 67.2 Å². The largest absolute Gasteiger partial charge is 0.480 e. The third-order valence-corrected chi connectivity index (χ3v) is 3.44. The van der Waals surface area contributed by atoms with Gasteiger partial charge in [-0.05, 0) is 58.9 Å². The lowest BCUT2D eigenvalue weighted by atomic mass is 9.95. The maximum atomic E-state index is 11.1. The molecule has 0 radical (unpaired) electrons. The summed E-state index contributed by atoms with van der Waals surface area (Å²) in [5.41, 5.74) is 5.47. The molecule has 0 aliphatic carbocycles. The van der Waals surface area contributed by atoms with Gasteiger partial charge in [0.2, 0.25) is 0 Å². The Bertz CT molecular complexity index is 238. The number of nitrogens with zero attached hydrogens (tertiary/aromatic N) is 2. The Balaban J connectivity index is 2.41. The third-order valence-electron chi connectivity index (χ3n) is 3.44. The van der Waals surface area contributed by atoms with E-state index in [0.29, 0.717) is 18.9 Å². The van der Waals surface area contributed by atoms with Crippen LogP contribution < -0.4 is 5.73 Å². The van der Waals surface area contributed by atoms with Crippen molar-refractivity contribution in [3.05, 3.63) is 0 Å². The first-order valence-corrected chi connectivity index (χ1v) is 6.36. The second kappa shape index (κ2) is 6.93. The van der Waals surface area contributed by atoms with Crippen molar-refractivity contribution in [3.8, 4) is 0 Å². The molecule has 17 heavy (non-hydrogen) atoms. The van der Waals surface area contributed by atoms with Gasteiger partial charge in [-0.3, -0.25) is 9.69 Å². The highest BCUT2D eigenvalue weighted by atomic mass is 16.4. The molecule has 100 valence electrons. The molecule has 0 aromatic heterocycles. The zero-order valence-electron chi connectivity index (χ0n) is 10.9. The van der Waals surface area contributed by atoms with E-state index in [-0.39, 0.29) is 6.04 Å². The number of nitrogens with two attached hydrogens (primary N) is 1. The molecular formula is C12H25N3O2. The van der Waals surface area contributed by atoms with Crippen LogP contribution in [-0.2, 0) is 4.79 Å². The predicted molar refractivity (Wildman–Crippen MR) is 67.9 cm³/mol. The molecule has 5 heteroatoms. The number of piperidine rings is 1. The van der Waals surface area contributed by atoms with Gasteiger partial charge in [0.05, 0.1) is 0 Å². The van der Waals surface area contributed by atoms with E-state index in [2.05, 4.69) is 23.9 Å². The fraction of sp³-hybridized carbons (Fsp3) is 0.917. The van der Waals surface area contributed by atoms with E-state index < -0.39 is 5.97 Å². The van der Waals surface area contributed by atoms with Crippen LogP contribution in [0.2, 0.25) is 0 Å². The van der Waals surface area contributed by atoms with Crippen LogP contribution in [0.3, 0.4) is 0 Å². The van der Waals surface area contributed by atoms with E-state index in [1.54, 1.807) is 0 Å². The third kappa shape index (κ3) is 4.61. The predicted octanol–water partition coefficient (Wildman–Crippen LogP) is 0.0620. The van der Waals surface area contributed by atoms with Gasteiger partial charge in [0.1, 0.15) is 6.04 Å². The summed E-state index contributed by atoms with van der Waals surface area (Å²) in [5.74, 6) is -0.0323. The summed E-state index contributed by atoms with van der Waals surface area (Å²) in [6.07, 6.45) is 2.73. The molecule has 3 N–H and O–H groups in total. The van der Waals surface area contributed by atoms with Crippen LogP contribution in [0.1, 0.15) is 19.3 Å². The Morgan fingerprint density at radius 2 is 2.06 bits per heavy atom. The number of rotatable bonds is 6. The fourth-order valence-corrected chi connectivity index (χ4v) is 2.58. The minimum atomic E-state index is -0.735. The van der Waals surface area contributed by atoms with Crippen LogP contribution in [0.5, 0.6) is 0 Å². The standard InChI is InChI=1S/C12H25N3O2/c1-14(2)9-10-4-7-15(8-5-10)11(3-6-13)12(16)17/h10-11H,3-9,13H2,1-2H3,(H,16,17). The maximum absolute atomic E-state index is 11.1. The molecule has 1 rings (SSSR count). The monoisotopic (exact) mass is 243 g/mol. The Kier molecular flexibility index (Phi) is 5.88. The normalized spacial score (nSPS) is 20.7. The molecule has 0 aromatic rings. The molecule has 5 nitrogen and oxygen atoms in total. The highest BCUT2D eigenvalue weighted by molar-refractivity contribution is 5.73. The maximum Gasteiger partial charge on any atom is 0.320 e. The molecule has 0 aromatic carbocycles. The van der Waals surface area contributed by atoms with E-state index >= 15 is 0 Å². The zero-order chi connectivity index (χ0) is 12.8. The van der Waals surface area contributed by atoms with Crippen LogP contribution in [0.4, 0.5) is 0 Å². The van der Waals surface area contributed by atoms with Crippen molar-refractivity contribution < 1.29 is 9.90 Å². The number of carboxylic acid groups (broad SMARTS) is 1. The topological polar surface area (TPSA) is 69.8 Å². The number of aliphatic carboxylic acids is 1. The van der Waals surface area contributed by atoms with Crippen molar-refractivity contribution in [3.63, 3.8) is 0 Å². The van der Waals surface area contributed by atoms with Gasteiger partial charge < -0.3 is 15.7 Å². The molecule has 1 aliphatic rings. The summed E-state index contributed by atoms with van der Waals surface area (Å²) in [6, 6.07) is -0.389. The van der Waals surface area contributed by atoms with Gasteiger partial charge in [-0.25, -0.2) is 0 Å². The van der Waals surface area contributed by atoms with E-state index in [1.807, 2.05) is 0 Å². The van der Waals surface area contributed by atoms with Crippen molar-refractivity contribution in [1.29, 1.82) is 0 Å². The van der Waals surface area contributed by atoms with Gasteiger partial charge in [0.15, 0.2) is 0 Å². The smallest absolute Gasteiger partial charge is 0.320 e. The molecule has 1 aliphatic heterocycles. The zero-order valence-corrected chi connectivity index (χ0v) is 10.9. The van der Waals surface area contributed by atoms with Gasteiger partial charge in [0.25, 0.3) is 0 Å². The molecule has 1 heterocycles. The van der Waals surface area contributed by atoms with Crippen LogP contribution in [0, 0.1) is 5.92 Å². The first kappa shape index (κ1) is 14.4. The molecule has 1 fully saturated rings. The summed E-state index contributed by atoms with van der Waals surface area (Å²) in [6.45, 7) is 3.31. The first-order valence-electron chi connectivity index (χ1n) is 6.36. The van der Waals surface area contributed by atoms with Crippen LogP contribution in [0.15, 0.2) is 0 Å². The summed E-state index contributed by atoms with van der Waals surface area (Å²) in [5, 5.41) is 9.16. The lowest BCUT2D eigenvalue weighted by molar-refractivity contribution is -0.144. The Morgan fingerprint density at radius 3 is 2.47 bits per heavy atom. The van der Waals surface area contributed by atoms with Gasteiger partial charge in [0, 0.05) is 6.54 Å². The number of hydrogen-bond donors (Lipinski definition) is 2.